The fraction of sp³-hybridized carbons (Fsp3) is 0.556. The molecular weight excluding hydrogens is 575 g/mol. The standard InChI is InChI=1S/C27H27F9O5/c1-2-37-20-13-38-24(39-14-20)17-5-3-15(4-6-17)16-7-9-18(10-8-16)25(30,31)40-19-11-21(28)23(22(29)12-19)26(32,33)41-27(34,35)36/h7-12,15,17,20,24H,2-6,13-14H2,1H3. The van der Waals surface area contributed by atoms with Gasteiger partial charge in [-0.2, -0.15) is 17.6 Å². The van der Waals surface area contributed by atoms with Gasteiger partial charge in [0.1, 0.15) is 29.1 Å². The molecule has 1 saturated heterocycles. The molecule has 1 saturated carbocycles. The number of hydrogen-bond donors (Lipinski definition) is 0. The molecule has 0 N–H and O–H groups in total. The van der Waals surface area contributed by atoms with Crippen LogP contribution in [0.4, 0.5) is 39.5 Å². The lowest BCUT2D eigenvalue weighted by Gasteiger charge is -2.37. The van der Waals surface area contributed by atoms with Crippen LogP contribution in [0.25, 0.3) is 0 Å². The molecule has 5 nitrogen and oxygen atoms in total. The summed E-state index contributed by atoms with van der Waals surface area (Å²) in [4.78, 5) is 0. The van der Waals surface area contributed by atoms with E-state index in [9.17, 15) is 39.5 Å². The van der Waals surface area contributed by atoms with Gasteiger partial charge in [0, 0.05) is 24.7 Å². The van der Waals surface area contributed by atoms with Crippen LogP contribution in [0.1, 0.15) is 55.2 Å². The van der Waals surface area contributed by atoms with E-state index in [4.69, 9.17) is 14.2 Å². The normalized spacial score (nSPS) is 24.3. The number of halogens is 9. The summed E-state index contributed by atoms with van der Waals surface area (Å²) < 4.78 is 145. The Bertz CT molecular complexity index is 1130. The van der Waals surface area contributed by atoms with Crippen molar-refractivity contribution in [3.63, 3.8) is 0 Å². The molecule has 1 heterocycles. The lowest BCUT2D eigenvalue weighted by molar-refractivity contribution is -0.432. The second-order valence-corrected chi connectivity index (χ2v) is 9.79. The summed E-state index contributed by atoms with van der Waals surface area (Å²) in [5.74, 6) is -5.48. The molecule has 0 unspecified atom stereocenters. The molecular formula is C27H27F9O5. The zero-order chi connectivity index (χ0) is 30.0. The Labute approximate surface area is 229 Å². The first-order valence-corrected chi connectivity index (χ1v) is 12.8. The van der Waals surface area contributed by atoms with Crippen LogP contribution in [0.3, 0.4) is 0 Å². The van der Waals surface area contributed by atoms with Crippen molar-refractivity contribution in [2.24, 2.45) is 5.92 Å². The van der Waals surface area contributed by atoms with Gasteiger partial charge in [0.2, 0.25) is 0 Å². The highest BCUT2D eigenvalue weighted by molar-refractivity contribution is 5.34. The highest BCUT2D eigenvalue weighted by atomic mass is 19.4. The van der Waals surface area contributed by atoms with Crippen LogP contribution in [0.15, 0.2) is 36.4 Å². The van der Waals surface area contributed by atoms with Crippen molar-refractivity contribution in [3.05, 3.63) is 64.7 Å². The maximum absolute atomic E-state index is 14.7. The zero-order valence-corrected chi connectivity index (χ0v) is 21.7. The molecule has 0 amide bonds. The van der Waals surface area contributed by atoms with Crippen LogP contribution in [-0.2, 0) is 31.2 Å². The van der Waals surface area contributed by atoms with Crippen molar-refractivity contribution in [1.82, 2.24) is 0 Å². The van der Waals surface area contributed by atoms with E-state index >= 15 is 0 Å². The number of rotatable bonds is 9. The first kappa shape index (κ1) is 31.4. The second-order valence-electron chi connectivity index (χ2n) is 9.79. The Hall–Kier alpha value is -2.55. The monoisotopic (exact) mass is 602 g/mol. The van der Waals surface area contributed by atoms with Gasteiger partial charge >= 0.3 is 18.6 Å². The summed E-state index contributed by atoms with van der Waals surface area (Å²) in [7, 11) is 0. The summed E-state index contributed by atoms with van der Waals surface area (Å²) >= 11 is 0. The van der Waals surface area contributed by atoms with Crippen LogP contribution in [0.5, 0.6) is 5.75 Å². The van der Waals surface area contributed by atoms with E-state index in [0.29, 0.717) is 19.8 Å². The quantitative estimate of drug-likeness (QED) is 0.275. The molecule has 4 rings (SSSR count). The summed E-state index contributed by atoms with van der Waals surface area (Å²) in [5, 5.41) is 0. The van der Waals surface area contributed by atoms with Crippen LogP contribution in [0, 0.1) is 17.6 Å². The number of alkyl halides is 7. The van der Waals surface area contributed by atoms with E-state index in [-0.39, 0.29) is 36.4 Å². The minimum absolute atomic E-state index is 0.0799. The molecule has 0 atom stereocenters. The van der Waals surface area contributed by atoms with E-state index in [0.717, 1.165) is 43.4 Å². The van der Waals surface area contributed by atoms with Crippen molar-refractivity contribution in [2.45, 2.75) is 69.5 Å². The van der Waals surface area contributed by atoms with Crippen molar-refractivity contribution < 1.29 is 63.2 Å². The third-order valence-corrected chi connectivity index (χ3v) is 6.97. The minimum atomic E-state index is -5.93. The van der Waals surface area contributed by atoms with E-state index in [1.807, 2.05) is 6.92 Å². The minimum Gasteiger partial charge on any atom is -0.429 e. The summed E-state index contributed by atoms with van der Waals surface area (Å²) in [6, 6.07) is 4.91. The SMILES string of the molecule is CCOC1COC(C2CCC(c3ccc(C(F)(F)Oc4cc(F)c(C(F)(F)OC(F)(F)F)c(F)c4)cc3)CC2)OC1. The average Bonchev–Trinajstić information content (AvgIpc) is 2.87. The maximum atomic E-state index is 14.7. The van der Waals surface area contributed by atoms with Crippen LogP contribution < -0.4 is 4.74 Å². The maximum Gasteiger partial charge on any atom is 0.527 e. The molecule has 41 heavy (non-hydrogen) atoms. The number of benzene rings is 2. The van der Waals surface area contributed by atoms with Gasteiger partial charge in [-0.1, -0.05) is 12.1 Å². The van der Waals surface area contributed by atoms with Crippen molar-refractivity contribution in [3.8, 4) is 5.75 Å². The number of ether oxygens (including phenoxy) is 5. The first-order valence-electron chi connectivity index (χ1n) is 12.8. The summed E-state index contributed by atoms with van der Waals surface area (Å²) in [6.45, 7) is 3.38. The van der Waals surface area contributed by atoms with Gasteiger partial charge in [0.15, 0.2) is 6.29 Å². The molecule has 1 aliphatic carbocycles. The molecule has 2 aromatic rings. The molecule has 0 spiro atoms. The molecule has 2 aliphatic rings. The van der Waals surface area contributed by atoms with Crippen LogP contribution >= 0.6 is 0 Å². The molecule has 14 heteroatoms. The fourth-order valence-corrected chi connectivity index (χ4v) is 5.07. The molecule has 0 aromatic heterocycles. The van der Waals surface area contributed by atoms with Crippen molar-refractivity contribution >= 4 is 0 Å². The van der Waals surface area contributed by atoms with Gasteiger partial charge < -0.3 is 18.9 Å². The third-order valence-electron chi connectivity index (χ3n) is 6.97. The second kappa shape index (κ2) is 12.4. The van der Waals surface area contributed by atoms with E-state index in [2.05, 4.69) is 9.47 Å². The topological polar surface area (TPSA) is 46.2 Å². The average molecular weight is 602 g/mol. The summed E-state index contributed by atoms with van der Waals surface area (Å²) in [6.07, 6.45) is -12.8. The van der Waals surface area contributed by atoms with Crippen LogP contribution in [0.2, 0.25) is 0 Å². The molecule has 0 bridgehead atoms. The predicted molar refractivity (Wildman–Crippen MR) is 124 cm³/mol. The highest BCUT2D eigenvalue weighted by Crippen LogP contribution is 2.42. The zero-order valence-electron chi connectivity index (χ0n) is 21.7. The van der Waals surface area contributed by atoms with Gasteiger partial charge in [0.05, 0.1) is 18.8 Å². The van der Waals surface area contributed by atoms with Gasteiger partial charge in [-0.15, -0.1) is 13.2 Å². The molecule has 2 fully saturated rings. The van der Waals surface area contributed by atoms with Crippen LogP contribution in [-0.4, -0.2) is 38.6 Å². The fourth-order valence-electron chi connectivity index (χ4n) is 5.07. The van der Waals surface area contributed by atoms with E-state index < -0.39 is 47.1 Å². The Morgan fingerprint density at radius 2 is 1.37 bits per heavy atom. The third kappa shape index (κ3) is 7.85. The van der Waals surface area contributed by atoms with E-state index in [1.165, 1.54) is 12.1 Å². The number of hydrogen-bond acceptors (Lipinski definition) is 5. The lowest BCUT2D eigenvalue weighted by Crippen LogP contribution is -2.41. The summed E-state index contributed by atoms with van der Waals surface area (Å²) in [5.41, 5.74) is -2.31. The molecule has 2 aromatic carbocycles. The molecule has 0 radical (unpaired) electrons. The Kier molecular flexibility index (Phi) is 9.46. The predicted octanol–water partition coefficient (Wildman–Crippen LogP) is 7.73. The van der Waals surface area contributed by atoms with Gasteiger partial charge in [-0.3, -0.25) is 0 Å². The van der Waals surface area contributed by atoms with Crippen molar-refractivity contribution in [2.75, 3.05) is 19.8 Å². The Balaban J connectivity index is 1.36. The Morgan fingerprint density at radius 1 is 0.805 bits per heavy atom. The first-order chi connectivity index (χ1) is 19.2. The largest absolute Gasteiger partial charge is 0.527 e. The smallest absolute Gasteiger partial charge is 0.429 e. The van der Waals surface area contributed by atoms with Crippen molar-refractivity contribution in [1.29, 1.82) is 0 Å². The molecule has 228 valence electrons. The van der Waals surface area contributed by atoms with E-state index in [1.54, 1.807) is 0 Å². The highest BCUT2D eigenvalue weighted by Gasteiger charge is 2.50. The Morgan fingerprint density at radius 3 is 1.88 bits per heavy atom. The van der Waals surface area contributed by atoms with Gasteiger partial charge in [-0.25, -0.2) is 13.5 Å². The van der Waals surface area contributed by atoms with Gasteiger partial charge in [-0.05, 0) is 56.2 Å². The molecule has 1 aliphatic heterocycles. The van der Waals surface area contributed by atoms with Gasteiger partial charge in [0.25, 0.3) is 0 Å². The lowest BCUT2D eigenvalue weighted by atomic mass is 9.78.